The zero-order valence-corrected chi connectivity index (χ0v) is 11.8. The average molecular weight is 289 g/mol. The predicted octanol–water partition coefficient (Wildman–Crippen LogP) is 3.87. The second-order valence-corrected chi connectivity index (χ2v) is 6.01. The summed E-state index contributed by atoms with van der Waals surface area (Å²) in [5, 5.41) is 0. The molecule has 0 spiro atoms. The molecule has 0 aromatic heterocycles. The number of hydrogen-bond donors (Lipinski definition) is 0. The Morgan fingerprint density at radius 1 is 1.05 bits per heavy atom. The Kier molecular flexibility index (Phi) is 2.83. The summed E-state index contributed by atoms with van der Waals surface area (Å²) in [6.45, 7) is 5.66. The average Bonchev–Trinajstić information content (AvgIpc) is 2.36. The van der Waals surface area contributed by atoms with Crippen molar-refractivity contribution in [2.75, 3.05) is 0 Å². The molecule has 0 radical (unpaired) electrons. The molecule has 0 amide bonds. The summed E-state index contributed by atoms with van der Waals surface area (Å²) < 4.78 is 33.0. The fourth-order valence-electron chi connectivity index (χ4n) is 2.23. The maximum absolute atomic E-state index is 14.2. The van der Waals surface area contributed by atoms with E-state index in [1.54, 1.807) is 6.07 Å². The highest BCUT2D eigenvalue weighted by Gasteiger charge is 2.21. The van der Waals surface area contributed by atoms with Crippen molar-refractivity contribution < 1.29 is 13.2 Å². The summed E-state index contributed by atoms with van der Waals surface area (Å²) in [6, 6.07) is 4.89. The van der Waals surface area contributed by atoms with E-state index in [9.17, 15) is 13.6 Å². The van der Waals surface area contributed by atoms with Gasteiger partial charge >= 0.3 is 0 Å². The number of nitrogens with zero attached hydrogens (tertiary/aromatic N) is 1. The topological polar surface area (TPSA) is 43.1 Å². The zero-order chi connectivity index (χ0) is 15.4. The van der Waals surface area contributed by atoms with Gasteiger partial charge in [0.05, 0.1) is 0 Å². The molecule has 0 saturated carbocycles. The van der Waals surface area contributed by atoms with E-state index in [0.29, 0.717) is 11.1 Å². The maximum Gasteiger partial charge on any atom is 0.218 e. The van der Waals surface area contributed by atoms with Crippen LogP contribution in [0.1, 0.15) is 26.3 Å². The molecule has 1 aromatic carbocycles. The summed E-state index contributed by atoms with van der Waals surface area (Å²) in [5.74, 6) is -1.12. The highest BCUT2D eigenvalue weighted by molar-refractivity contribution is 5.77. The van der Waals surface area contributed by atoms with Gasteiger partial charge in [0.1, 0.15) is 17.0 Å². The third kappa shape index (κ3) is 2.28. The third-order valence-electron chi connectivity index (χ3n) is 3.33. The molecule has 3 rings (SSSR count). The van der Waals surface area contributed by atoms with Gasteiger partial charge in [0.25, 0.3) is 0 Å². The Morgan fingerprint density at radius 2 is 1.76 bits per heavy atom. The first-order chi connectivity index (χ1) is 9.75. The van der Waals surface area contributed by atoms with Crippen molar-refractivity contribution in [2.45, 2.75) is 26.2 Å². The molecule has 0 fully saturated rings. The number of halogens is 2. The fraction of sp³-hybridized carbons (Fsp3) is 0.250. The van der Waals surface area contributed by atoms with Gasteiger partial charge < -0.3 is 4.42 Å². The SMILES string of the molecule is CC(C)(C)c1cc2oc3cc(=O)c(F)cc-3nc2cc1F. The molecule has 0 unspecified atom stereocenters. The molecule has 108 valence electrons. The lowest BCUT2D eigenvalue weighted by Crippen LogP contribution is -2.13. The molecule has 0 atom stereocenters. The van der Waals surface area contributed by atoms with E-state index in [0.717, 1.165) is 12.1 Å². The van der Waals surface area contributed by atoms with Gasteiger partial charge in [-0.3, -0.25) is 4.79 Å². The van der Waals surface area contributed by atoms with E-state index in [-0.39, 0.29) is 17.0 Å². The lowest BCUT2D eigenvalue weighted by molar-refractivity contribution is 0.520. The molecule has 2 aliphatic rings. The maximum atomic E-state index is 14.2. The Hall–Kier alpha value is -2.30. The predicted molar refractivity (Wildman–Crippen MR) is 75.5 cm³/mol. The van der Waals surface area contributed by atoms with Crippen LogP contribution >= 0.6 is 0 Å². The van der Waals surface area contributed by atoms with Gasteiger partial charge in [0, 0.05) is 18.2 Å². The molecular weight excluding hydrogens is 276 g/mol. The number of hydrogen-bond acceptors (Lipinski definition) is 3. The Bertz CT molecular complexity index is 878. The van der Waals surface area contributed by atoms with Crippen molar-refractivity contribution >= 4 is 11.1 Å². The van der Waals surface area contributed by atoms with Crippen LogP contribution in [0.3, 0.4) is 0 Å². The van der Waals surface area contributed by atoms with Gasteiger partial charge in [0.2, 0.25) is 5.43 Å². The smallest absolute Gasteiger partial charge is 0.218 e. The van der Waals surface area contributed by atoms with E-state index >= 15 is 0 Å². The quantitative estimate of drug-likeness (QED) is 0.590. The Morgan fingerprint density at radius 3 is 2.43 bits per heavy atom. The molecule has 3 nitrogen and oxygen atoms in total. The molecule has 1 aromatic rings. The minimum absolute atomic E-state index is 0.181. The third-order valence-corrected chi connectivity index (χ3v) is 3.33. The summed E-state index contributed by atoms with van der Waals surface area (Å²) in [5.41, 5.74) is 0.165. The lowest BCUT2D eigenvalue weighted by atomic mass is 9.86. The minimum atomic E-state index is -0.906. The number of benzene rings is 2. The molecule has 0 N–H and O–H groups in total. The summed E-state index contributed by atoms with van der Waals surface area (Å²) in [4.78, 5) is 15.5. The molecule has 0 saturated heterocycles. The van der Waals surface area contributed by atoms with Crippen molar-refractivity contribution in [1.29, 1.82) is 0 Å². The second kappa shape index (κ2) is 4.35. The van der Waals surface area contributed by atoms with Crippen molar-refractivity contribution in [3.05, 3.63) is 51.7 Å². The van der Waals surface area contributed by atoms with Crippen molar-refractivity contribution in [3.63, 3.8) is 0 Å². The Labute approximate surface area is 119 Å². The van der Waals surface area contributed by atoms with Crippen molar-refractivity contribution in [3.8, 4) is 11.5 Å². The van der Waals surface area contributed by atoms with Crippen LogP contribution in [-0.4, -0.2) is 4.98 Å². The molecular formula is C16H13F2NO2. The first-order valence-electron chi connectivity index (χ1n) is 6.50. The van der Waals surface area contributed by atoms with Gasteiger partial charge in [0.15, 0.2) is 17.2 Å². The van der Waals surface area contributed by atoms with Crippen LogP contribution in [0.2, 0.25) is 0 Å². The van der Waals surface area contributed by atoms with Gasteiger partial charge in [-0.2, -0.15) is 0 Å². The molecule has 1 heterocycles. The molecule has 1 aliphatic heterocycles. The summed E-state index contributed by atoms with van der Waals surface area (Å²) >= 11 is 0. The van der Waals surface area contributed by atoms with E-state index < -0.39 is 22.5 Å². The molecule has 21 heavy (non-hydrogen) atoms. The van der Waals surface area contributed by atoms with Crippen molar-refractivity contribution in [2.24, 2.45) is 0 Å². The van der Waals surface area contributed by atoms with Crippen LogP contribution in [0.4, 0.5) is 8.78 Å². The van der Waals surface area contributed by atoms with Crippen LogP contribution in [0.25, 0.3) is 22.6 Å². The van der Waals surface area contributed by atoms with Gasteiger partial charge in [-0.05, 0) is 17.0 Å². The highest BCUT2D eigenvalue weighted by Crippen LogP contribution is 2.31. The minimum Gasteiger partial charge on any atom is -0.453 e. The molecule has 0 bridgehead atoms. The normalized spacial score (nSPS) is 12.2. The standard InChI is InChI=1S/C16H13F2NO2/c1-16(2,3)8-4-14-11(5-9(8)17)19-12-6-10(18)13(20)7-15(12)21-14/h4-7H,1-3H3. The van der Waals surface area contributed by atoms with Gasteiger partial charge in [-0.1, -0.05) is 20.8 Å². The van der Waals surface area contributed by atoms with Gasteiger partial charge in [-0.15, -0.1) is 0 Å². The van der Waals surface area contributed by atoms with Crippen molar-refractivity contribution in [1.82, 2.24) is 4.98 Å². The number of aromatic nitrogens is 1. The highest BCUT2D eigenvalue weighted by atomic mass is 19.1. The van der Waals surface area contributed by atoms with E-state index in [4.69, 9.17) is 4.42 Å². The first kappa shape index (κ1) is 13.7. The lowest BCUT2D eigenvalue weighted by Gasteiger charge is -2.20. The Balaban J connectivity index is 2.37. The number of fused-ring (bicyclic) bond motifs is 2. The summed E-state index contributed by atoms with van der Waals surface area (Å²) in [6.07, 6.45) is 0. The van der Waals surface area contributed by atoms with Crippen LogP contribution in [0.15, 0.2) is 33.5 Å². The largest absolute Gasteiger partial charge is 0.453 e. The first-order valence-corrected chi connectivity index (χ1v) is 6.50. The van der Waals surface area contributed by atoms with Crippen LogP contribution in [-0.2, 0) is 5.41 Å². The van der Waals surface area contributed by atoms with E-state index in [1.165, 1.54) is 6.07 Å². The molecule has 5 heteroatoms. The monoisotopic (exact) mass is 289 g/mol. The fourth-order valence-corrected chi connectivity index (χ4v) is 2.23. The van der Waals surface area contributed by atoms with Crippen LogP contribution in [0, 0.1) is 11.6 Å². The van der Waals surface area contributed by atoms with Crippen LogP contribution < -0.4 is 5.43 Å². The van der Waals surface area contributed by atoms with E-state index in [2.05, 4.69) is 4.98 Å². The molecule has 1 aliphatic carbocycles. The van der Waals surface area contributed by atoms with Crippen LogP contribution in [0.5, 0.6) is 0 Å². The number of rotatable bonds is 0. The summed E-state index contributed by atoms with van der Waals surface area (Å²) in [7, 11) is 0. The zero-order valence-electron chi connectivity index (χ0n) is 11.8. The van der Waals surface area contributed by atoms with Gasteiger partial charge in [-0.25, -0.2) is 13.8 Å². The second-order valence-electron chi connectivity index (χ2n) is 6.01. The van der Waals surface area contributed by atoms with E-state index in [1.807, 2.05) is 20.8 Å².